The van der Waals surface area contributed by atoms with Crippen LogP contribution in [-0.4, -0.2) is 86.2 Å². The molecule has 3 rings (SSSR count). The van der Waals surface area contributed by atoms with Crippen LogP contribution in [0, 0.1) is 0 Å². The Morgan fingerprint density at radius 1 is 0.923 bits per heavy atom. The lowest BCUT2D eigenvalue weighted by Crippen LogP contribution is -2.49. The molecule has 1 aromatic carbocycles. The zero-order valence-corrected chi connectivity index (χ0v) is 16.3. The molecule has 0 saturated carbocycles. The summed E-state index contributed by atoms with van der Waals surface area (Å²) in [5.74, 6) is 0. The second-order valence-electron chi connectivity index (χ2n) is 6.81. The molecule has 0 spiro atoms. The molecule has 26 heavy (non-hydrogen) atoms. The van der Waals surface area contributed by atoms with Gasteiger partial charge >= 0.3 is 6.09 Å². The molecule has 0 unspecified atom stereocenters. The van der Waals surface area contributed by atoms with Crippen molar-refractivity contribution in [2.45, 2.75) is 13.0 Å². The maximum Gasteiger partial charge on any atom is 0.410 e. The number of ether oxygens (including phenoxy) is 1. The third-order valence-electron chi connectivity index (χ3n) is 4.99. The van der Waals surface area contributed by atoms with E-state index in [9.17, 15) is 4.79 Å². The molecular formula is C19H31ClN4O2. The molecule has 1 aromatic rings. The van der Waals surface area contributed by atoms with Crippen LogP contribution in [0.15, 0.2) is 30.3 Å². The van der Waals surface area contributed by atoms with Crippen molar-refractivity contribution in [1.82, 2.24) is 20.0 Å². The minimum absolute atomic E-state index is 0. The van der Waals surface area contributed by atoms with Crippen LogP contribution in [0.25, 0.3) is 0 Å². The number of hydrogen-bond donors (Lipinski definition) is 1. The first-order valence-corrected chi connectivity index (χ1v) is 9.42. The monoisotopic (exact) mass is 382 g/mol. The Balaban J connectivity index is 0.00000243. The number of nitrogens with zero attached hydrogens (tertiary/aromatic N) is 3. The number of nitrogens with one attached hydrogen (secondary N) is 1. The first kappa shape index (κ1) is 21.0. The molecule has 0 atom stereocenters. The number of carbonyl (C=O) groups is 1. The first-order chi connectivity index (χ1) is 12.3. The Bertz CT molecular complexity index is 518. The second kappa shape index (κ2) is 11.4. The minimum Gasteiger partial charge on any atom is -0.445 e. The van der Waals surface area contributed by atoms with Crippen LogP contribution in [0.2, 0.25) is 0 Å². The van der Waals surface area contributed by atoms with E-state index in [0.29, 0.717) is 6.61 Å². The average molecular weight is 383 g/mol. The Hall–Kier alpha value is -1.34. The molecule has 7 heteroatoms. The average Bonchev–Trinajstić information content (AvgIpc) is 2.68. The lowest BCUT2D eigenvalue weighted by atomic mass is 10.2. The van der Waals surface area contributed by atoms with Crippen LogP contribution in [0.3, 0.4) is 0 Å². The van der Waals surface area contributed by atoms with Crippen molar-refractivity contribution in [3.63, 3.8) is 0 Å². The van der Waals surface area contributed by atoms with E-state index in [4.69, 9.17) is 4.74 Å². The van der Waals surface area contributed by atoms with Crippen molar-refractivity contribution >= 4 is 18.5 Å². The molecule has 2 heterocycles. The fourth-order valence-corrected chi connectivity index (χ4v) is 3.42. The Kier molecular flexibility index (Phi) is 9.18. The maximum atomic E-state index is 12.2. The van der Waals surface area contributed by atoms with E-state index in [1.807, 2.05) is 35.2 Å². The van der Waals surface area contributed by atoms with Crippen molar-refractivity contribution in [3.05, 3.63) is 35.9 Å². The van der Waals surface area contributed by atoms with Crippen LogP contribution < -0.4 is 5.32 Å². The molecule has 0 aromatic heterocycles. The number of rotatable bonds is 6. The van der Waals surface area contributed by atoms with Gasteiger partial charge in [-0.25, -0.2) is 4.79 Å². The third kappa shape index (κ3) is 6.76. The standard InChI is InChI=1S/C19H30N4O2.ClH/c24-19(25-17-18-5-2-1-3-6-18)23-15-13-22(14-16-23)10-4-9-21-11-7-20-8-12-21;/h1-3,5-6,20H,4,7-17H2;1H. The highest BCUT2D eigenvalue weighted by atomic mass is 35.5. The van der Waals surface area contributed by atoms with Gasteiger partial charge in [0.1, 0.15) is 6.61 Å². The highest BCUT2D eigenvalue weighted by Gasteiger charge is 2.22. The number of benzene rings is 1. The predicted octanol–water partition coefficient (Wildman–Crippen LogP) is 1.66. The van der Waals surface area contributed by atoms with E-state index >= 15 is 0 Å². The summed E-state index contributed by atoms with van der Waals surface area (Å²) >= 11 is 0. The Morgan fingerprint density at radius 3 is 2.19 bits per heavy atom. The number of halogens is 1. The van der Waals surface area contributed by atoms with Crippen LogP contribution in [-0.2, 0) is 11.3 Å². The summed E-state index contributed by atoms with van der Waals surface area (Å²) in [5.41, 5.74) is 1.03. The van der Waals surface area contributed by atoms with Gasteiger partial charge in [0.15, 0.2) is 0 Å². The highest BCUT2D eigenvalue weighted by molar-refractivity contribution is 5.85. The number of piperazine rings is 2. The van der Waals surface area contributed by atoms with Crippen molar-refractivity contribution in [1.29, 1.82) is 0 Å². The summed E-state index contributed by atoms with van der Waals surface area (Å²) in [6, 6.07) is 9.84. The van der Waals surface area contributed by atoms with Gasteiger partial charge in [0, 0.05) is 52.4 Å². The summed E-state index contributed by atoms with van der Waals surface area (Å²) in [6.45, 7) is 10.6. The van der Waals surface area contributed by atoms with Crippen molar-refractivity contribution < 1.29 is 9.53 Å². The van der Waals surface area contributed by atoms with Gasteiger partial charge in [-0.15, -0.1) is 12.4 Å². The van der Waals surface area contributed by atoms with Gasteiger partial charge in [-0.3, -0.25) is 4.90 Å². The Labute approximate surface area is 162 Å². The van der Waals surface area contributed by atoms with Crippen molar-refractivity contribution in [2.75, 3.05) is 65.4 Å². The molecule has 1 N–H and O–H groups in total. The van der Waals surface area contributed by atoms with Gasteiger partial charge in [0.25, 0.3) is 0 Å². The molecule has 1 amide bonds. The molecule has 2 aliphatic rings. The fraction of sp³-hybridized carbons (Fsp3) is 0.632. The lowest BCUT2D eigenvalue weighted by Gasteiger charge is -2.34. The van der Waals surface area contributed by atoms with E-state index in [1.54, 1.807) is 0 Å². The molecule has 146 valence electrons. The quantitative estimate of drug-likeness (QED) is 0.810. The van der Waals surface area contributed by atoms with E-state index < -0.39 is 0 Å². The predicted molar refractivity (Wildman–Crippen MR) is 106 cm³/mol. The molecule has 0 radical (unpaired) electrons. The fourth-order valence-electron chi connectivity index (χ4n) is 3.42. The second-order valence-corrected chi connectivity index (χ2v) is 6.81. The molecule has 0 bridgehead atoms. The molecule has 2 aliphatic heterocycles. The number of amides is 1. The number of hydrogen-bond acceptors (Lipinski definition) is 5. The van der Waals surface area contributed by atoms with Crippen LogP contribution >= 0.6 is 12.4 Å². The van der Waals surface area contributed by atoms with E-state index in [2.05, 4.69) is 15.1 Å². The van der Waals surface area contributed by atoms with Crippen LogP contribution in [0.4, 0.5) is 4.79 Å². The van der Waals surface area contributed by atoms with E-state index in [-0.39, 0.29) is 18.5 Å². The SMILES string of the molecule is Cl.O=C(OCc1ccccc1)N1CCN(CCCN2CCNCC2)CC1. The number of carbonyl (C=O) groups excluding carboxylic acids is 1. The molecule has 6 nitrogen and oxygen atoms in total. The topological polar surface area (TPSA) is 48.1 Å². The van der Waals surface area contributed by atoms with Crippen LogP contribution in [0.1, 0.15) is 12.0 Å². The van der Waals surface area contributed by atoms with E-state index in [0.717, 1.165) is 51.4 Å². The Morgan fingerprint density at radius 2 is 1.54 bits per heavy atom. The smallest absolute Gasteiger partial charge is 0.410 e. The summed E-state index contributed by atoms with van der Waals surface area (Å²) in [6.07, 6.45) is 1.02. The largest absolute Gasteiger partial charge is 0.445 e. The van der Waals surface area contributed by atoms with Crippen LogP contribution in [0.5, 0.6) is 0 Å². The first-order valence-electron chi connectivity index (χ1n) is 9.42. The van der Waals surface area contributed by atoms with Gasteiger partial charge in [0.2, 0.25) is 0 Å². The van der Waals surface area contributed by atoms with Gasteiger partial charge in [-0.2, -0.15) is 0 Å². The summed E-state index contributed by atoms with van der Waals surface area (Å²) in [7, 11) is 0. The van der Waals surface area contributed by atoms with E-state index in [1.165, 1.54) is 26.1 Å². The highest BCUT2D eigenvalue weighted by Crippen LogP contribution is 2.07. The maximum absolute atomic E-state index is 12.2. The van der Waals surface area contributed by atoms with Crippen molar-refractivity contribution in [3.8, 4) is 0 Å². The summed E-state index contributed by atoms with van der Waals surface area (Å²) < 4.78 is 5.42. The van der Waals surface area contributed by atoms with Gasteiger partial charge < -0.3 is 19.9 Å². The zero-order chi connectivity index (χ0) is 17.3. The summed E-state index contributed by atoms with van der Waals surface area (Å²) in [4.78, 5) is 19.0. The van der Waals surface area contributed by atoms with Gasteiger partial charge in [0.05, 0.1) is 0 Å². The summed E-state index contributed by atoms with van der Waals surface area (Å²) in [5, 5.41) is 3.39. The van der Waals surface area contributed by atoms with Gasteiger partial charge in [-0.1, -0.05) is 30.3 Å². The molecule has 2 saturated heterocycles. The third-order valence-corrected chi connectivity index (χ3v) is 4.99. The normalized spacial score (nSPS) is 19.0. The van der Waals surface area contributed by atoms with Gasteiger partial charge in [-0.05, 0) is 25.1 Å². The molecular weight excluding hydrogens is 352 g/mol. The lowest BCUT2D eigenvalue weighted by molar-refractivity contribution is 0.0705. The molecule has 2 fully saturated rings. The minimum atomic E-state index is -0.190. The van der Waals surface area contributed by atoms with Crippen molar-refractivity contribution in [2.24, 2.45) is 0 Å². The molecule has 0 aliphatic carbocycles. The zero-order valence-electron chi connectivity index (χ0n) is 15.4.